The summed E-state index contributed by atoms with van der Waals surface area (Å²) < 4.78 is 11.3. The topological polar surface area (TPSA) is 67.8 Å². The second kappa shape index (κ2) is 11.7. The van der Waals surface area contributed by atoms with E-state index in [1.165, 1.54) is 0 Å². The monoisotopic (exact) mass is 342 g/mol. The van der Waals surface area contributed by atoms with Gasteiger partial charge in [0.25, 0.3) is 0 Å². The number of nitrogens with one attached hydrogen (secondary N) is 2. The lowest BCUT2D eigenvalue weighted by Crippen LogP contribution is -2.39. The number of hydrogen-bond acceptors (Lipinski definition) is 4. The first kappa shape index (κ1) is 18.6. The second-order valence-corrected chi connectivity index (χ2v) is 5.24. The molecule has 0 atom stereocenters. The van der Waals surface area contributed by atoms with Gasteiger partial charge in [0.05, 0.1) is 19.3 Å². The molecule has 0 saturated carbocycles. The zero-order chi connectivity index (χ0) is 17.6. The number of rotatable bonds is 10. The third-order valence-corrected chi connectivity index (χ3v) is 3.23. The lowest BCUT2D eigenvalue weighted by molar-refractivity contribution is 0.313. The second-order valence-electron chi connectivity index (χ2n) is 5.24. The molecule has 2 N–H and O–H groups in total. The Morgan fingerprint density at radius 3 is 2.56 bits per heavy atom. The van der Waals surface area contributed by atoms with Crippen molar-refractivity contribution in [2.24, 2.45) is 4.99 Å². The molecule has 0 fully saturated rings. The number of aromatic nitrogens is 1. The number of ether oxygens (including phenoxy) is 2. The Morgan fingerprint density at radius 1 is 1.00 bits per heavy atom. The quantitative estimate of drug-likeness (QED) is 0.394. The highest BCUT2D eigenvalue weighted by Crippen LogP contribution is 2.08. The van der Waals surface area contributed by atoms with Crippen molar-refractivity contribution in [3.05, 3.63) is 54.9 Å². The highest BCUT2D eigenvalue weighted by molar-refractivity contribution is 5.79. The average molecular weight is 342 g/mol. The van der Waals surface area contributed by atoms with E-state index in [-0.39, 0.29) is 0 Å². The normalized spacial score (nSPS) is 11.0. The smallest absolute Gasteiger partial charge is 0.191 e. The van der Waals surface area contributed by atoms with E-state index in [2.05, 4.69) is 20.6 Å². The van der Waals surface area contributed by atoms with Gasteiger partial charge in [-0.15, -0.1) is 0 Å². The van der Waals surface area contributed by atoms with Crippen molar-refractivity contribution in [3.8, 4) is 11.5 Å². The molecule has 0 unspecified atom stereocenters. The maximum atomic E-state index is 5.66. The zero-order valence-electron chi connectivity index (χ0n) is 14.6. The zero-order valence-corrected chi connectivity index (χ0v) is 14.6. The molecule has 2 rings (SSSR count). The fraction of sp³-hybridized carbons (Fsp3) is 0.368. The first-order valence-electron chi connectivity index (χ1n) is 8.61. The third-order valence-electron chi connectivity index (χ3n) is 3.23. The van der Waals surface area contributed by atoms with Gasteiger partial charge in [-0.2, -0.15) is 0 Å². The summed E-state index contributed by atoms with van der Waals surface area (Å²) in [6.07, 6.45) is 4.28. The van der Waals surface area contributed by atoms with Gasteiger partial charge in [0, 0.05) is 25.7 Å². The molecule has 0 aliphatic heterocycles. The molecular weight excluding hydrogens is 316 g/mol. The molecule has 1 heterocycles. The minimum Gasteiger partial charge on any atom is -0.494 e. The summed E-state index contributed by atoms with van der Waals surface area (Å²) in [5, 5.41) is 6.47. The Labute approximate surface area is 149 Å². The van der Waals surface area contributed by atoms with Gasteiger partial charge in [0.15, 0.2) is 5.96 Å². The lowest BCUT2D eigenvalue weighted by Gasteiger charge is -2.12. The van der Waals surface area contributed by atoms with Crippen LogP contribution in [0.1, 0.15) is 13.3 Å². The van der Waals surface area contributed by atoms with Crippen LogP contribution < -0.4 is 20.1 Å². The fourth-order valence-corrected chi connectivity index (χ4v) is 2.07. The standard InChI is InChI=1S/C19H26N4O2/c1-2-21-19(23-13-15-25-18-10-6-11-20-16-18)22-12-7-14-24-17-8-4-3-5-9-17/h3-6,8-11,16H,2,7,12-15H2,1H3,(H2,21,22,23). The van der Waals surface area contributed by atoms with Crippen molar-refractivity contribution < 1.29 is 9.47 Å². The van der Waals surface area contributed by atoms with Crippen molar-refractivity contribution in [1.29, 1.82) is 0 Å². The van der Waals surface area contributed by atoms with Gasteiger partial charge in [-0.3, -0.25) is 9.98 Å². The van der Waals surface area contributed by atoms with E-state index in [0.29, 0.717) is 26.3 Å². The summed E-state index contributed by atoms with van der Waals surface area (Å²) in [6, 6.07) is 13.6. The first-order valence-corrected chi connectivity index (χ1v) is 8.61. The van der Waals surface area contributed by atoms with Gasteiger partial charge in [0.1, 0.15) is 18.1 Å². The highest BCUT2D eigenvalue weighted by atomic mass is 16.5. The van der Waals surface area contributed by atoms with Crippen LogP contribution in [0.25, 0.3) is 0 Å². The third kappa shape index (κ3) is 8.06. The molecule has 0 amide bonds. The number of para-hydroxylation sites is 1. The largest absolute Gasteiger partial charge is 0.494 e. The summed E-state index contributed by atoms with van der Waals surface area (Å²) in [7, 11) is 0. The molecule has 0 bridgehead atoms. The number of nitrogens with zero attached hydrogens (tertiary/aromatic N) is 2. The number of benzene rings is 1. The van der Waals surface area contributed by atoms with Crippen LogP contribution in [0.2, 0.25) is 0 Å². The van der Waals surface area contributed by atoms with E-state index in [0.717, 1.165) is 30.4 Å². The van der Waals surface area contributed by atoms with E-state index in [9.17, 15) is 0 Å². The van der Waals surface area contributed by atoms with Crippen molar-refractivity contribution in [3.63, 3.8) is 0 Å². The molecule has 1 aromatic carbocycles. The van der Waals surface area contributed by atoms with Crippen LogP contribution in [0.4, 0.5) is 0 Å². The number of hydrogen-bond donors (Lipinski definition) is 2. The van der Waals surface area contributed by atoms with Crippen molar-refractivity contribution in [1.82, 2.24) is 15.6 Å². The van der Waals surface area contributed by atoms with Crippen LogP contribution in [0.5, 0.6) is 11.5 Å². The van der Waals surface area contributed by atoms with Gasteiger partial charge in [-0.05, 0) is 31.2 Å². The maximum absolute atomic E-state index is 5.66. The van der Waals surface area contributed by atoms with E-state index in [4.69, 9.17) is 9.47 Å². The predicted octanol–water partition coefficient (Wildman–Crippen LogP) is 2.48. The Hall–Kier alpha value is -2.76. The number of aliphatic imine (C=N–C) groups is 1. The van der Waals surface area contributed by atoms with Crippen LogP contribution in [0, 0.1) is 0 Å². The van der Waals surface area contributed by atoms with Crippen LogP contribution in [-0.4, -0.2) is 43.8 Å². The fourth-order valence-electron chi connectivity index (χ4n) is 2.07. The summed E-state index contributed by atoms with van der Waals surface area (Å²) in [6.45, 7) is 5.43. The molecule has 6 heteroatoms. The van der Waals surface area contributed by atoms with Crippen LogP contribution in [0.15, 0.2) is 59.9 Å². The Morgan fingerprint density at radius 2 is 1.80 bits per heavy atom. The van der Waals surface area contributed by atoms with Crippen LogP contribution in [-0.2, 0) is 0 Å². The van der Waals surface area contributed by atoms with E-state index in [1.807, 2.05) is 49.4 Å². The van der Waals surface area contributed by atoms with E-state index in [1.54, 1.807) is 12.4 Å². The highest BCUT2D eigenvalue weighted by Gasteiger charge is 1.98. The van der Waals surface area contributed by atoms with Crippen LogP contribution >= 0.6 is 0 Å². The van der Waals surface area contributed by atoms with E-state index < -0.39 is 0 Å². The SMILES string of the molecule is CCNC(=NCCCOc1ccccc1)NCCOc1cccnc1. The van der Waals surface area contributed by atoms with Crippen LogP contribution in [0.3, 0.4) is 0 Å². The molecule has 0 radical (unpaired) electrons. The molecule has 6 nitrogen and oxygen atoms in total. The molecule has 134 valence electrons. The van der Waals surface area contributed by atoms with Crippen molar-refractivity contribution >= 4 is 5.96 Å². The maximum Gasteiger partial charge on any atom is 0.191 e. The van der Waals surface area contributed by atoms with Gasteiger partial charge in [-0.25, -0.2) is 0 Å². The van der Waals surface area contributed by atoms with Gasteiger partial charge >= 0.3 is 0 Å². The summed E-state index contributed by atoms with van der Waals surface area (Å²) >= 11 is 0. The summed E-state index contributed by atoms with van der Waals surface area (Å²) in [5.41, 5.74) is 0. The predicted molar refractivity (Wildman–Crippen MR) is 100 cm³/mol. The van der Waals surface area contributed by atoms with Gasteiger partial charge < -0.3 is 20.1 Å². The molecule has 25 heavy (non-hydrogen) atoms. The number of guanidine groups is 1. The molecule has 0 saturated heterocycles. The minimum atomic E-state index is 0.549. The minimum absolute atomic E-state index is 0.549. The van der Waals surface area contributed by atoms with Crippen molar-refractivity contribution in [2.75, 3.05) is 32.8 Å². The molecule has 0 aliphatic carbocycles. The molecule has 0 aliphatic rings. The molecular formula is C19H26N4O2. The Balaban J connectivity index is 1.62. The molecule has 1 aromatic heterocycles. The summed E-state index contributed by atoms with van der Waals surface area (Å²) in [4.78, 5) is 8.55. The van der Waals surface area contributed by atoms with Gasteiger partial charge in [-0.1, -0.05) is 18.2 Å². The average Bonchev–Trinajstić information content (AvgIpc) is 2.66. The van der Waals surface area contributed by atoms with Gasteiger partial charge in [0.2, 0.25) is 0 Å². The van der Waals surface area contributed by atoms with E-state index >= 15 is 0 Å². The Kier molecular flexibility index (Phi) is 8.71. The van der Waals surface area contributed by atoms with Crippen molar-refractivity contribution in [2.45, 2.75) is 13.3 Å². The molecule has 2 aromatic rings. The lowest BCUT2D eigenvalue weighted by atomic mass is 10.3. The first-order chi connectivity index (χ1) is 12.4. The summed E-state index contributed by atoms with van der Waals surface area (Å²) in [5.74, 6) is 2.45. The Bertz CT molecular complexity index is 605. The number of pyridine rings is 1. The molecule has 0 spiro atoms.